The SMILES string of the molecule is FC(F)(F)c1cccc(C[As])c1Cl. The Balaban J connectivity index is 3.24. The van der Waals surface area contributed by atoms with E-state index in [4.69, 9.17) is 11.6 Å². The minimum atomic E-state index is -4.37. The standard InChI is InChI=1S/C8H5AsClF3/c9-4-5-2-1-3-6(7(5)10)8(11,12)13/h1-3H,4H2. The first kappa shape index (κ1) is 10.9. The van der Waals surface area contributed by atoms with Gasteiger partial charge in [-0.3, -0.25) is 0 Å². The Morgan fingerprint density at radius 3 is 2.38 bits per heavy atom. The van der Waals surface area contributed by atoms with Gasteiger partial charge in [0.05, 0.1) is 0 Å². The number of hydrogen-bond donors (Lipinski definition) is 0. The van der Waals surface area contributed by atoms with E-state index in [0.717, 1.165) is 6.07 Å². The third-order valence-electron chi connectivity index (χ3n) is 1.55. The number of benzene rings is 1. The van der Waals surface area contributed by atoms with E-state index in [9.17, 15) is 13.2 Å². The summed E-state index contributed by atoms with van der Waals surface area (Å²) in [6.45, 7) is 0. The van der Waals surface area contributed by atoms with Crippen molar-refractivity contribution in [3.63, 3.8) is 0 Å². The van der Waals surface area contributed by atoms with E-state index in [1.54, 1.807) is 6.07 Å². The van der Waals surface area contributed by atoms with Gasteiger partial charge in [-0.15, -0.1) is 0 Å². The van der Waals surface area contributed by atoms with Crippen molar-refractivity contribution in [2.24, 2.45) is 0 Å². The first-order chi connectivity index (χ1) is 5.96. The molecule has 0 aliphatic heterocycles. The summed E-state index contributed by atoms with van der Waals surface area (Å²) in [4.78, 5) is 0. The first-order valence-electron chi connectivity index (χ1n) is 3.42. The Hall–Kier alpha value is -0.142. The molecule has 13 heavy (non-hydrogen) atoms. The summed E-state index contributed by atoms with van der Waals surface area (Å²) in [6.07, 6.45) is -4.37. The van der Waals surface area contributed by atoms with E-state index in [1.807, 2.05) is 0 Å². The molecule has 1 aromatic rings. The van der Waals surface area contributed by atoms with Crippen LogP contribution in [0, 0.1) is 0 Å². The number of hydrogen-bond acceptors (Lipinski definition) is 0. The molecule has 0 aromatic heterocycles. The number of alkyl halides is 3. The van der Waals surface area contributed by atoms with Crippen molar-refractivity contribution >= 4 is 28.5 Å². The Bertz CT molecular complexity index is 309. The van der Waals surface area contributed by atoms with Gasteiger partial charge in [-0.05, 0) is 0 Å². The maximum atomic E-state index is 12.3. The topological polar surface area (TPSA) is 0 Å². The van der Waals surface area contributed by atoms with Gasteiger partial charge in [-0.25, -0.2) is 0 Å². The van der Waals surface area contributed by atoms with Crippen molar-refractivity contribution in [1.29, 1.82) is 0 Å². The van der Waals surface area contributed by atoms with Crippen LogP contribution < -0.4 is 0 Å². The zero-order valence-corrected chi connectivity index (χ0v) is 9.03. The van der Waals surface area contributed by atoms with Gasteiger partial charge in [0.25, 0.3) is 0 Å². The molecule has 0 heterocycles. The Morgan fingerprint density at radius 2 is 1.92 bits per heavy atom. The van der Waals surface area contributed by atoms with E-state index < -0.39 is 11.7 Å². The molecule has 0 saturated carbocycles. The third-order valence-corrected chi connectivity index (χ3v) is 2.72. The Kier molecular flexibility index (Phi) is 3.31. The molecule has 0 nitrogen and oxygen atoms in total. The molecule has 0 fully saturated rings. The fraction of sp³-hybridized carbons (Fsp3) is 0.250. The van der Waals surface area contributed by atoms with Gasteiger partial charge < -0.3 is 0 Å². The zero-order valence-electron chi connectivity index (χ0n) is 6.40. The van der Waals surface area contributed by atoms with Crippen molar-refractivity contribution < 1.29 is 13.2 Å². The molecular formula is C8H5AsClF3. The van der Waals surface area contributed by atoms with Crippen molar-refractivity contribution in [1.82, 2.24) is 0 Å². The molecule has 0 aliphatic carbocycles. The molecule has 1 rings (SSSR count). The van der Waals surface area contributed by atoms with Crippen molar-refractivity contribution in [3.8, 4) is 0 Å². The van der Waals surface area contributed by atoms with Gasteiger partial charge >= 0.3 is 87.4 Å². The summed E-state index contributed by atoms with van der Waals surface area (Å²) in [5.74, 6) is 0. The normalized spacial score (nSPS) is 11.8. The summed E-state index contributed by atoms with van der Waals surface area (Å²) < 4.78 is 36.8. The number of halogens is 4. The molecule has 0 N–H and O–H groups in total. The van der Waals surface area contributed by atoms with Gasteiger partial charge in [-0.2, -0.15) is 0 Å². The van der Waals surface area contributed by atoms with E-state index in [-0.39, 0.29) is 5.02 Å². The van der Waals surface area contributed by atoms with Crippen molar-refractivity contribution in [3.05, 3.63) is 34.3 Å². The average Bonchev–Trinajstić information content (AvgIpc) is 2.02. The predicted octanol–water partition coefficient (Wildman–Crippen LogP) is 3.03. The molecule has 0 bridgehead atoms. The molecule has 0 amide bonds. The second-order valence-corrected chi connectivity index (χ2v) is 3.48. The second-order valence-electron chi connectivity index (χ2n) is 2.43. The van der Waals surface area contributed by atoms with Crippen molar-refractivity contribution in [2.75, 3.05) is 0 Å². The van der Waals surface area contributed by atoms with Crippen LogP contribution >= 0.6 is 11.6 Å². The maximum absolute atomic E-state index is 12.3. The molecule has 2 radical (unpaired) electrons. The van der Waals surface area contributed by atoms with E-state index in [1.165, 1.54) is 6.07 Å². The van der Waals surface area contributed by atoms with Crippen molar-refractivity contribution in [2.45, 2.75) is 11.4 Å². The van der Waals surface area contributed by atoms with Crippen LogP contribution in [-0.4, -0.2) is 16.9 Å². The summed E-state index contributed by atoms with van der Waals surface area (Å²) in [6, 6.07) is 3.92. The predicted molar refractivity (Wildman–Crippen MR) is 45.9 cm³/mol. The summed E-state index contributed by atoms with van der Waals surface area (Å²) in [5, 5.41) is 0.242. The minimum absolute atomic E-state index is 0.198. The molecule has 0 unspecified atom stereocenters. The zero-order chi connectivity index (χ0) is 10.1. The molecule has 70 valence electrons. The molecule has 0 saturated heterocycles. The molecule has 0 aliphatic rings. The van der Waals surface area contributed by atoms with Crippen LogP contribution in [0.15, 0.2) is 18.2 Å². The van der Waals surface area contributed by atoms with E-state index >= 15 is 0 Å². The molecule has 5 heteroatoms. The molecule has 1 aromatic carbocycles. The fourth-order valence-corrected chi connectivity index (χ4v) is 1.98. The monoisotopic (exact) mass is 268 g/mol. The van der Waals surface area contributed by atoms with Gasteiger partial charge in [0.1, 0.15) is 0 Å². The van der Waals surface area contributed by atoms with Gasteiger partial charge in [0, 0.05) is 0 Å². The van der Waals surface area contributed by atoms with Crippen LogP contribution in [0.2, 0.25) is 5.02 Å². The molecular weight excluding hydrogens is 263 g/mol. The van der Waals surface area contributed by atoms with Gasteiger partial charge in [0.2, 0.25) is 0 Å². The van der Waals surface area contributed by atoms with Crippen LogP contribution in [0.3, 0.4) is 0 Å². The third kappa shape index (κ3) is 2.41. The Labute approximate surface area is 87.6 Å². The van der Waals surface area contributed by atoms with Crippen LogP contribution in [0.1, 0.15) is 11.1 Å². The van der Waals surface area contributed by atoms with Crippen LogP contribution in [0.25, 0.3) is 0 Å². The molecule has 0 spiro atoms. The first-order valence-corrected chi connectivity index (χ1v) is 5.12. The van der Waals surface area contributed by atoms with E-state index in [2.05, 4.69) is 16.9 Å². The quantitative estimate of drug-likeness (QED) is 0.687. The van der Waals surface area contributed by atoms with Crippen LogP contribution in [-0.2, 0) is 11.4 Å². The van der Waals surface area contributed by atoms with Crippen LogP contribution in [0.5, 0.6) is 0 Å². The summed E-state index contributed by atoms with van der Waals surface area (Å²) >= 11 is 7.76. The van der Waals surface area contributed by atoms with Crippen LogP contribution in [0.4, 0.5) is 13.2 Å². The molecule has 0 atom stereocenters. The van der Waals surface area contributed by atoms with Gasteiger partial charge in [-0.1, -0.05) is 0 Å². The van der Waals surface area contributed by atoms with E-state index in [0.29, 0.717) is 10.8 Å². The fourth-order valence-electron chi connectivity index (χ4n) is 0.921. The number of rotatable bonds is 1. The Morgan fingerprint density at radius 1 is 1.31 bits per heavy atom. The average molecular weight is 268 g/mol. The summed E-state index contributed by atoms with van der Waals surface area (Å²) in [5.41, 5.74) is -0.269. The van der Waals surface area contributed by atoms with Gasteiger partial charge in [0.15, 0.2) is 0 Å². The second kappa shape index (κ2) is 3.93. The summed E-state index contributed by atoms with van der Waals surface area (Å²) in [7, 11) is 0.